The van der Waals surface area contributed by atoms with Gasteiger partial charge in [0, 0.05) is 10.7 Å². The van der Waals surface area contributed by atoms with Crippen LogP contribution in [0.4, 0.5) is 5.69 Å². The summed E-state index contributed by atoms with van der Waals surface area (Å²) < 4.78 is 31.8. The summed E-state index contributed by atoms with van der Waals surface area (Å²) in [5, 5.41) is 5.97. The van der Waals surface area contributed by atoms with Crippen LogP contribution in [0.25, 0.3) is 4.72 Å². The molecule has 2 amide bonds. The van der Waals surface area contributed by atoms with Gasteiger partial charge in [-0.2, -0.15) is 0 Å². The van der Waals surface area contributed by atoms with E-state index < -0.39 is 15.9 Å². The Kier molecular flexibility index (Phi) is 9.25. The van der Waals surface area contributed by atoms with Gasteiger partial charge in [-0.15, -0.1) is 0 Å². The first kappa shape index (κ1) is 24.3. The van der Waals surface area contributed by atoms with Crippen molar-refractivity contribution in [2.75, 3.05) is 19.1 Å². The van der Waals surface area contributed by atoms with Gasteiger partial charge in [0.05, 0.1) is 30.1 Å². The van der Waals surface area contributed by atoms with E-state index >= 15 is 0 Å². The Balaban J connectivity index is 0.00000392. The Morgan fingerprint density at radius 2 is 1.79 bits per heavy atom. The van der Waals surface area contributed by atoms with Gasteiger partial charge >= 0.3 is 29.6 Å². The molecule has 0 spiro atoms. The van der Waals surface area contributed by atoms with Crippen LogP contribution < -0.4 is 44.9 Å². The number of methoxy groups -OCH3 is 1. The monoisotopic (exact) mass is 433 g/mol. The SMILES string of the molecule is COc1ccc(Cl)cc1C(=O)NCNc1ccc(S(=O)(=O)[N-]C(C)=O)cc1.[Na+]. The third-order valence-corrected chi connectivity index (χ3v) is 4.95. The molecular weight excluding hydrogens is 417 g/mol. The molecule has 2 aromatic carbocycles. The summed E-state index contributed by atoms with van der Waals surface area (Å²) in [6.07, 6.45) is 0. The number of benzene rings is 2. The Morgan fingerprint density at radius 3 is 2.36 bits per heavy atom. The predicted molar refractivity (Wildman–Crippen MR) is 102 cm³/mol. The van der Waals surface area contributed by atoms with Gasteiger partial charge in [-0.3, -0.25) is 4.79 Å². The number of nitrogens with zero attached hydrogens (tertiary/aromatic N) is 1. The topological polar surface area (TPSA) is 116 Å². The smallest absolute Gasteiger partial charge is 0.542 e. The van der Waals surface area contributed by atoms with E-state index in [1.165, 1.54) is 37.4 Å². The van der Waals surface area contributed by atoms with E-state index in [-0.39, 0.29) is 47.0 Å². The van der Waals surface area contributed by atoms with Crippen LogP contribution in [0.15, 0.2) is 47.4 Å². The van der Waals surface area contributed by atoms with E-state index in [0.29, 0.717) is 22.0 Å². The molecule has 0 atom stereocenters. The Morgan fingerprint density at radius 1 is 1.14 bits per heavy atom. The van der Waals surface area contributed by atoms with Crippen molar-refractivity contribution in [3.8, 4) is 5.75 Å². The molecule has 0 heterocycles. The quantitative estimate of drug-likeness (QED) is 0.460. The van der Waals surface area contributed by atoms with Gasteiger partial charge in [-0.1, -0.05) is 11.6 Å². The number of carbonyl (C=O) groups excluding carboxylic acids is 2. The number of ether oxygens (including phenoxy) is 1. The molecule has 0 aliphatic carbocycles. The first-order valence-electron chi connectivity index (χ1n) is 7.67. The van der Waals surface area contributed by atoms with Crippen molar-refractivity contribution in [2.24, 2.45) is 0 Å². The van der Waals surface area contributed by atoms with Crippen molar-refractivity contribution in [1.29, 1.82) is 0 Å². The maximum absolute atomic E-state index is 12.2. The first-order valence-corrected chi connectivity index (χ1v) is 9.49. The minimum atomic E-state index is -4.01. The molecule has 0 saturated heterocycles. The molecular formula is C17H17ClN3NaO5S. The number of nitrogens with one attached hydrogen (secondary N) is 2. The predicted octanol–water partition coefficient (Wildman–Crippen LogP) is -0.239. The van der Waals surface area contributed by atoms with Crippen molar-refractivity contribution in [2.45, 2.75) is 11.8 Å². The molecule has 0 saturated carbocycles. The molecule has 0 unspecified atom stereocenters. The second-order valence-corrected chi connectivity index (χ2v) is 7.35. The van der Waals surface area contributed by atoms with Crippen LogP contribution in [-0.2, 0) is 14.8 Å². The normalized spacial score (nSPS) is 10.4. The van der Waals surface area contributed by atoms with E-state index in [2.05, 4.69) is 15.4 Å². The fourth-order valence-electron chi connectivity index (χ4n) is 2.15. The summed E-state index contributed by atoms with van der Waals surface area (Å²) in [5.74, 6) is -0.793. The average molecular weight is 434 g/mol. The third kappa shape index (κ3) is 6.68. The molecule has 11 heteroatoms. The van der Waals surface area contributed by atoms with Crippen LogP contribution in [0.3, 0.4) is 0 Å². The van der Waals surface area contributed by atoms with Gasteiger partial charge in [0.15, 0.2) is 0 Å². The fraction of sp³-hybridized carbons (Fsp3) is 0.176. The summed E-state index contributed by atoms with van der Waals surface area (Å²) in [7, 11) is -2.56. The fourth-order valence-corrected chi connectivity index (χ4v) is 3.24. The van der Waals surface area contributed by atoms with Gasteiger partial charge in [0.2, 0.25) is 0 Å². The number of hydrogen-bond acceptors (Lipinski definition) is 6. The van der Waals surface area contributed by atoms with Crippen LogP contribution >= 0.6 is 11.6 Å². The van der Waals surface area contributed by atoms with E-state index in [9.17, 15) is 18.0 Å². The summed E-state index contributed by atoms with van der Waals surface area (Å²) in [5.41, 5.74) is 0.856. The molecule has 0 fully saturated rings. The molecule has 0 aliphatic heterocycles. The second-order valence-electron chi connectivity index (χ2n) is 5.31. The Labute approximate surface area is 190 Å². The Bertz CT molecular complexity index is 952. The Hall–Kier alpha value is -1.78. The summed E-state index contributed by atoms with van der Waals surface area (Å²) in [6.45, 7) is 1.14. The average Bonchev–Trinajstić information content (AvgIpc) is 2.61. The summed E-state index contributed by atoms with van der Waals surface area (Å²) >= 11 is 5.90. The maximum atomic E-state index is 12.2. The number of carbonyl (C=O) groups is 2. The van der Waals surface area contributed by atoms with Crippen molar-refractivity contribution in [3.05, 3.63) is 57.8 Å². The van der Waals surface area contributed by atoms with Crippen LogP contribution in [0.1, 0.15) is 17.3 Å². The van der Waals surface area contributed by atoms with Crippen molar-refractivity contribution in [1.82, 2.24) is 5.32 Å². The largest absolute Gasteiger partial charge is 1.00 e. The minimum absolute atomic E-state index is 0. The molecule has 0 aromatic heterocycles. The van der Waals surface area contributed by atoms with E-state index in [1.807, 2.05) is 0 Å². The maximum Gasteiger partial charge on any atom is 1.00 e. The molecule has 2 aromatic rings. The number of hydrogen-bond donors (Lipinski definition) is 2. The molecule has 144 valence electrons. The molecule has 28 heavy (non-hydrogen) atoms. The summed E-state index contributed by atoms with van der Waals surface area (Å²) in [4.78, 5) is 23.0. The van der Waals surface area contributed by atoms with Gasteiger partial charge in [-0.05, 0) is 49.4 Å². The van der Waals surface area contributed by atoms with E-state index in [1.54, 1.807) is 12.1 Å². The number of anilines is 1. The second kappa shape index (κ2) is 10.7. The van der Waals surface area contributed by atoms with E-state index in [0.717, 1.165) is 6.92 Å². The zero-order valence-corrected chi connectivity index (χ0v) is 19.1. The number of amides is 2. The molecule has 2 N–H and O–H groups in total. The first-order chi connectivity index (χ1) is 12.7. The van der Waals surface area contributed by atoms with Gasteiger partial charge in [-0.25, -0.2) is 8.42 Å². The zero-order valence-electron chi connectivity index (χ0n) is 15.5. The third-order valence-electron chi connectivity index (χ3n) is 3.35. The van der Waals surface area contributed by atoms with E-state index in [4.69, 9.17) is 16.3 Å². The van der Waals surface area contributed by atoms with Crippen LogP contribution in [0.5, 0.6) is 5.75 Å². The summed E-state index contributed by atoms with van der Waals surface area (Å²) in [6, 6.07) is 10.3. The van der Waals surface area contributed by atoms with Crippen LogP contribution in [-0.4, -0.2) is 34.0 Å². The number of sulfonamides is 1. The standard InChI is InChI=1S/C17H18ClN3O5S.Na/c1-11(22)21-27(24,25)14-6-4-13(5-7-14)19-10-20-17(23)15-9-12(18)3-8-16(15)26-2;/h3-9,19H,10H2,1-2H3,(H2,20,21,22,23);/q;+1/p-1. The van der Waals surface area contributed by atoms with Crippen molar-refractivity contribution >= 4 is 39.1 Å². The van der Waals surface area contributed by atoms with Crippen molar-refractivity contribution in [3.63, 3.8) is 0 Å². The van der Waals surface area contributed by atoms with Gasteiger partial charge < -0.3 is 24.9 Å². The van der Waals surface area contributed by atoms with Crippen molar-refractivity contribution < 1.29 is 52.3 Å². The molecule has 8 nitrogen and oxygen atoms in total. The van der Waals surface area contributed by atoms with Gasteiger partial charge in [0.25, 0.3) is 5.91 Å². The minimum Gasteiger partial charge on any atom is -0.542 e. The van der Waals surface area contributed by atoms with Crippen LogP contribution in [0, 0.1) is 0 Å². The molecule has 0 bridgehead atoms. The molecule has 2 rings (SSSR count). The number of halogens is 1. The van der Waals surface area contributed by atoms with Gasteiger partial charge in [0.1, 0.15) is 15.8 Å². The zero-order chi connectivity index (χ0) is 20.0. The van der Waals surface area contributed by atoms with Crippen LogP contribution in [0.2, 0.25) is 5.02 Å². The molecule has 0 radical (unpaired) electrons. The molecule has 0 aliphatic rings. The number of rotatable bonds is 7.